The van der Waals surface area contributed by atoms with Crippen LogP contribution < -0.4 is 0 Å². The van der Waals surface area contributed by atoms with Crippen LogP contribution in [0.1, 0.15) is 246 Å². The van der Waals surface area contributed by atoms with Gasteiger partial charge in [-0.1, -0.05) is 207 Å². The summed E-state index contributed by atoms with van der Waals surface area (Å²) in [6.45, 7) is 9.33. The van der Waals surface area contributed by atoms with Gasteiger partial charge in [0.1, 0.15) is 23.7 Å². The Labute approximate surface area is 355 Å². The highest BCUT2D eigenvalue weighted by atomic mass is 16.7. The van der Waals surface area contributed by atoms with Crippen LogP contribution in [0.15, 0.2) is 23.0 Å². The Hall–Kier alpha value is -1.44. The quantitative estimate of drug-likeness (QED) is 0.0345. The molecule has 0 heterocycles. The second kappa shape index (κ2) is 44.1. The summed E-state index contributed by atoms with van der Waals surface area (Å²) >= 11 is 0. The maximum Gasteiger partial charge on any atom is 0.162 e. The predicted octanol–water partition coefficient (Wildman–Crippen LogP) is 16.0. The fourth-order valence-electron chi connectivity index (χ4n) is 7.79. The van der Waals surface area contributed by atoms with Crippen LogP contribution in [-0.4, -0.2) is 54.2 Å². The molecular weight excluding hydrogens is 713 g/mol. The van der Waals surface area contributed by atoms with Crippen LogP contribution in [0.2, 0.25) is 0 Å². The zero-order chi connectivity index (χ0) is 41.9. The normalized spacial score (nSPS) is 13.6. The molecule has 0 aromatic heterocycles. The van der Waals surface area contributed by atoms with E-state index in [1.54, 1.807) is 28.4 Å². The number of ether oxygens (including phenoxy) is 7. The molecule has 0 N–H and O–H groups in total. The highest BCUT2D eigenvalue weighted by Gasteiger charge is 2.24. The molecule has 2 atom stereocenters. The fraction of sp³-hybridized carbons (Fsp3) is 0.920. The molecule has 0 bridgehead atoms. The van der Waals surface area contributed by atoms with E-state index >= 15 is 0 Å². The van der Waals surface area contributed by atoms with Crippen molar-refractivity contribution in [3.63, 3.8) is 0 Å². The second-order valence-electron chi connectivity index (χ2n) is 16.4. The summed E-state index contributed by atoms with van der Waals surface area (Å²) in [5.41, 5.74) is 0. The number of hydrogen-bond donors (Lipinski definition) is 0. The molecule has 0 saturated carbocycles. The van der Waals surface area contributed by atoms with Crippen LogP contribution in [0.3, 0.4) is 0 Å². The van der Waals surface area contributed by atoms with E-state index in [4.69, 9.17) is 33.2 Å². The number of unbranched alkanes of at least 4 members (excludes halogenated alkanes) is 26. The van der Waals surface area contributed by atoms with Crippen molar-refractivity contribution < 1.29 is 33.2 Å². The number of allylic oxidation sites excluding steroid dienone is 2. The molecule has 340 valence electrons. The first-order valence-electron chi connectivity index (χ1n) is 24.5. The maximum absolute atomic E-state index is 6.46. The molecule has 7 heteroatoms. The van der Waals surface area contributed by atoms with Gasteiger partial charge in [0, 0.05) is 12.8 Å². The summed E-state index contributed by atoms with van der Waals surface area (Å²) in [6, 6.07) is 0. The third-order valence-corrected chi connectivity index (χ3v) is 11.4. The van der Waals surface area contributed by atoms with Crippen molar-refractivity contribution in [1.82, 2.24) is 0 Å². The Kier molecular flexibility index (Phi) is 43.0. The first-order chi connectivity index (χ1) is 28.1. The van der Waals surface area contributed by atoms with Crippen molar-refractivity contribution in [2.45, 2.75) is 258 Å². The molecule has 0 aromatic rings. The largest absolute Gasteiger partial charge is 0.497 e. The summed E-state index contributed by atoms with van der Waals surface area (Å²) in [5.74, 6) is 3.42. The van der Waals surface area contributed by atoms with Crippen LogP contribution >= 0.6 is 0 Å². The lowest BCUT2D eigenvalue weighted by Gasteiger charge is -2.24. The van der Waals surface area contributed by atoms with E-state index in [2.05, 4.69) is 27.7 Å². The van der Waals surface area contributed by atoms with Gasteiger partial charge in [0.25, 0.3) is 0 Å². The average molecular weight is 811 g/mol. The molecule has 0 fully saturated rings. The summed E-state index contributed by atoms with van der Waals surface area (Å²) in [5, 5.41) is 0. The van der Waals surface area contributed by atoms with Gasteiger partial charge in [-0.15, -0.1) is 0 Å². The van der Waals surface area contributed by atoms with E-state index < -0.39 is 0 Å². The van der Waals surface area contributed by atoms with Gasteiger partial charge in [0.2, 0.25) is 0 Å². The number of methoxy groups -OCH3 is 4. The molecule has 0 amide bonds. The van der Waals surface area contributed by atoms with E-state index in [1.165, 1.54) is 167 Å². The lowest BCUT2D eigenvalue weighted by molar-refractivity contribution is -0.166. The second-order valence-corrected chi connectivity index (χ2v) is 16.4. The summed E-state index contributed by atoms with van der Waals surface area (Å²) in [6.07, 6.45) is 41.0. The molecule has 0 rings (SSSR count). The zero-order valence-corrected chi connectivity index (χ0v) is 39.5. The van der Waals surface area contributed by atoms with Gasteiger partial charge < -0.3 is 33.2 Å². The van der Waals surface area contributed by atoms with Gasteiger partial charge in [0.15, 0.2) is 25.1 Å². The van der Waals surface area contributed by atoms with E-state index in [0.717, 1.165) is 74.4 Å². The van der Waals surface area contributed by atoms with E-state index in [1.807, 2.05) is 0 Å². The van der Waals surface area contributed by atoms with Crippen LogP contribution in [0.5, 0.6) is 0 Å². The van der Waals surface area contributed by atoms with Crippen LogP contribution in [0, 0.1) is 0 Å². The van der Waals surface area contributed by atoms with Crippen LogP contribution in [-0.2, 0) is 33.2 Å². The molecule has 0 radical (unpaired) electrons. The van der Waals surface area contributed by atoms with E-state index in [-0.39, 0.29) is 25.8 Å². The molecule has 0 aliphatic heterocycles. The molecule has 0 aromatic carbocycles. The standard InChI is InChI=1S/C50H98O7/c1-9-13-17-21-25-29-31-35-39-45(51-5)49(53-7)47(41-37-33-27-23-19-15-11-3)56-43-55-44-57-48(42-38-34-28-24-20-16-12-4)50(54-8)46(52-6)40-36-32-30-26-22-18-14-10-2/h47-48H,9-44H2,1-8H3. The monoisotopic (exact) mass is 811 g/mol. The summed E-state index contributed by atoms with van der Waals surface area (Å²) < 4.78 is 43.0. The lowest BCUT2D eigenvalue weighted by Crippen LogP contribution is -2.24. The number of hydrogen-bond acceptors (Lipinski definition) is 7. The molecule has 0 spiro atoms. The van der Waals surface area contributed by atoms with Crippen molar-refractivity contribution in [3.8, 4) is 0 Å². The molecule has 7 nitrogen and oxygen atoms in total. The van der Waals surface area contributed by atoms with Crippen LogP contribution in [0.25, 0.3) is 0 Å². The van der Waals surface area contributed by atoms with Crippen molar-refractivity contribution >= 4 is 0 Å². The van der Waals surface area contributed by atoms with Gasteiger partial charge in [-0.25, -0.2) is 0 Å². The first kappa shape index (κ1) is 55.6. The van der Waals surface area contributed by atoms with E-state index in [0.29, 0.717) is 0 Å². The minimum Gasteiger partial charge on any atom is -0.497 e. The topological polar surface area (TPSA) is 64.6 Å². The Morgan fingerprint density at radius 3 is 0.842 bits per heavy atom. The van der Waals surface area contributed by atoms with E-state index in [9.17, 15) is 0 Å². The van der Waals surface area contributed by atoms with Gasteiger partial charge in [-0.05, 0) is 25.7 Å². The summed E-state index contributed by atoms with van der Waals surface area (Å²) in [4.78, 5) is 0. The molecular formula is C50H98O7. The highest BCUT2D eigenvalue weighted by molar-refractivity contribution is 5.08. The fourth-order valence-corrected chi connectivity index (χ4v) is 7.79. The zero-order valence-electron chi connectivity index (χ0n) is 39.5. The van der Waals surface area contributed by atoms with Crippen LogP contribution in [0.4, 0.5) is 0 Å². The molecule has 2 unspecified atom stereocenters. The molecule has 0 saturated heterocycles. The molecule has 0 aliphatic carbocycles. The van der Waals surface area contributed by atoms with Gasteiger partial charge in [0.05, 0.1) is 28.4 Å². The van der Waals surface area contributed by atoms with Crippen molar-refractivity contribution in [2.24, 2.45) is 0 Å². The lowest BCUT2D eigenvalue weighted by atomic mass is 10.0. The van der Waals surface area contributed by atoms with Gasteiger partial charge in [-0.3, -0.25) is 0 Å². The minimum absolute atomic E-state index is 0.119. The van der Waals surface area contributed by atoms with Gasteiger partial charge in [-0.2, -0.15) is 0 Å². The summed E-state index contributed by atoms with van der Waals surface area (Å²) in [7, 11) is 7.04. The highest BCUT2D eigenvalue weighted by Crippen LogP contribution is 2.26. The minimum atomic E-state index is -0.223. The SMILES string of the molecule is CCCCCCCCCCC(OC)=C(OC)C(CCCCCCCCC)OCOCOC(CCCCCCCCC)C(OC)=C(CCCCCCCCCC)OC. The number of rotatable bonds is 46. The third-order valence-electron chi connectivity index (χ3n) is 11.4. The average Bonchev–Trinajstić information content (AvgIpc) is 3.22. The molecule has 0 aliphatic rings. The van der Waals surface area contributed by atoms with Crippen molar-refractivity contribution in [2.75, 3.05) is 42.0 Å². The van der Waals surface area contributed by atoms with Gasteiger partial charge >= 0.3 is 0 Å². The van der Waals surface area contributed by atoms with Crippen molar-refractivity contribution in [1.29, 1.82) is 0 Å². The third kappa shape index (κ3) is 32.1. The first-order valence-corrected chi connectivity index (χ1v) is 24.5. The maximum atomic E-state index is 6.46. The molecule has 57 heavy (non-hydrogen) atoms. The smallest absolute Gasteiger partial charge is 0.162 e. The predicted molar refractivity (Wildman–Crippen MR) is 242 cm³/mol. The Balaban J connectivity index is 5.55. The Morgan fingerprint density at radius 2 is 0.579 bits per heavy atom. The Bertz CT molecular complexity index is 818. The van der Waals surface area contributed by atoms with Crippen molar-refractivity contribution in [3.05, 3.63) is 23.0 Å². The Morgan fingerprint density at radius 1 is 0.316 bits per heavy atom.